The first kappa shape index (κ1) is 29.8. The van der Waals surface area contributed by atoms with Crippen molar-refractivity contribution in [2.75, 3.05) is 18.6 Å². The molecule has 0 aromatic heterocycles. The molecule has 0 aliphatic rings. The minimum atomic E-state index is -0.799. The van der Waals surface area contributed by atoms with E-state index in [1.165, 1.54) is 0 Å². The summed E-state index contributed by atoms with van der Waals surface area (Å²) in [6.07, 6.45) is 2.42. The van der Waals surface area contributed by atoms with Gasteiger partial charge in [0.2, 0.25) is 11.8 Å². The molecule has 8 heteroatoms. The highest BCUT2D eigenvalue weighted by atomic mass is 32.2. The second kappa shape index (κ2) is 13.6. The molecular weight excluding hydrogens is 450 g/mol. The van der Waals surface area contributed by atoms with Crippen LogP contribution in [0.5, 0.6) is 0 Å². The SMILES string of the molecule is CCCN(C(=O)C(CCSC)NC(=O)OC(C)(C)C)C(C(=O)NC(C)C)c1cccc(C)c1C. The minimum absolute atomic E-state index is 0.0779. The average Bonchev–Trinajstić information content (AvgIpc) is 2.71. The van der Waals surface area contributed by atoms with Gasteiger partial charge in [-0.25, -0.2) is 4.79 Å². The number of hydrogen-bond donors (Lipinski definition) is 2. The Morgan fingerprint density at radius 3 is 2.29 bits per heavy atom. The maximum Gasteiger partial charge on any atom is 0.408 e. The lowest BCUT2D eigenvalue weighted by Crippen LogP contribution is -2.54. The lowest BCUT2D eigenvalue weighted by molar-refractivity contribution is -0.142. The Morgan fingerprint density at radius 1 is 1.12 bits per heavy atom. The predicted octanol–water partition coefficient (Wildman–Crippen LogP) is 4.75. The first-order valence-electron chi connectivity index (χ1n) is 12.0. The maximum atomic E-state index is 13.9. The van der Waals surface area contributed by atoms with Crippen molar-refractivity contribution in [1.29, 1.82) is 0 Å². The largest absolute Gasteiger partial charge is 0.444 e. The van der Waals surface area contributed by atoms with Gasteiger partial charge < -0.3 is 20.3 Å². The molecule has 0 aliphatic carbocycles. The lowest BCUT2D eigenvalue weighted by Gasteiger charge is -2.35. The number of alkyl carbamates (subject to hydrolysis) is 1. The first-order chi connectivity index (χ1) is 15.8. The molecule has 2 atom stereocenters. The number of carbonyl (C=O) groups excluding carboxylic acids is 3. The summed E-state index contributed by atoms with van der Waals surface area (Å²) in [6.45, 7) is 15.5. The van der Waals surface area contributed by atoms with Gasteiger partial charge in [-0.3, -0.25) is 9.59 Å². The van der Waals surface area contributed by atoms with Crippen LogP contribution in [0, 0.1) is 13.8 Å². The molecule has 0 bridgehead atoms. The summed E-state index contributed by atoms with van der Waals surface area (Å²) in [4.78, 5) is 41.5. The van der Waals surface area contributed by atoms with Gasteiger partial charge >= 0.3 is 6.09 Å². The number of thioether (sulfide) groups is 1. The van der Waals surface area contributed by atoms with Crippen LogP contribution in [0.3, 0.4) is 0 Å². The number of rotatable bonds is 11. The molecule has 2 N–H and O–H groups in total. The fourth-order valence-electron chi connectivity index (χ4n) is 3.63. The van der Waals surface area contributed by atoms with Gasteiger partial charge in [-0.2, -0.15) is 11.8 Å². The van der Waals surface area contributed by atoms with E-state index in [1.54, 1.807) is 37.4 Å². The molecule has 1 rings (SSSR count). The van der Waals surface area contributed by atoms with Crippen LogP contribution in [0.25, 0.3) is 0 Å². The average molecular weight is 494 g/mol. The lowest BCUT2D eigenvalue weighted by atomic mass is 9.94. The van der Waals surface area contributed by atoms with Crippen LogP contribution in [0.15, 0.2) is 18.2 Å². The summed E-state index contributed by atoms with van der Waals surface area (Å²) in [5.74, 6) is 0.163. The van der Waals surface area contributed by atoms with Gasteiger partial charge in [-0.05, 0) is 90.0 Å². The number of carbonyl (C=O) groups is 3. The highest BCUT2D eigenvalue weighted by Crippen LogP contribution is 2.28. The van der Waals surface area contributed by atoms with Crippen molar-refractivity contribution in [3.63, 3.8) is 0 Å². The molecule has 2 unspecified atom stereocenters. The topological polar surface area (TPSA) is 87.7 Å². The quantitative estimate of drug-likeness (QED) is 0.464. The normalized spacial score (nSPS) is 13.2. The fourth-order valence-corrected chi connectivity index (χ4v) is 4.11. The number of amides is 3. The van der Waals surface area contributed by atoms with E-state index in [4.69, 9.17) is 4.74 Å². The van der Waals surface area contributed by atoms with E-state index in [0.717, 1.165) is 16.7 Å². The van der Waals surface area contributed by atoms with Gasteiger partial charge in [0, 0.05) is 12.6 Å². The molecule has 34 heavy (non-hydrogen) atoms. The van der Waals surface area contributed by atoms with Crippen molar-refractivity contribution in [3.05, 3.63) is 34.9 Å². The summed E-state index contributed by atoms with van der Waals surface area (Å²) < 4.78 is 5.41. The second-order valence-electron chi connectivity index (χ2n) is 9.87. The minimum Gasteiger partial charge on any atom is -0.444 e. The molecule has 0 saturated heterocycles. The standard InChI is InChI=1S/C26H43N3O4S/c1-10-15-29(24(31)21(14-16-34-9)28-25(32)33-26(6,7)8)22(23(30)27-17(2)3)20-13-11-12-18(4)19(20)5/h11-13,17,21-22H,10,14-16H2,1-9H3,(H,27,30)(H,28,32). The number of ether oxygens (including phenoxy) is 1. The van der Waals surface area contributed by atoms with E-state index in [0.29, 0.717) is 25.1 Å². The van der Waals surface area contributed by atoms with Crippen molar-refractivity contribution >= 4 is 29.7 Å². The Labute approximate surface area is 209 Å². The Bertz CT molecular complexity index is 836. The number of aryl methyl sites for hydroxylation is 1. The Hall–Kier alpha value is -2.22. The number of nitrogens with one attached hydrogen (secondary N) is 2. The molecule has 3 amide bonds. The molecule has 1 aromatic carbocycles. The molecule has 0 radical (unpaired) electrons. The zero-order chi connectivity index (χ0) is 26.1. The van der Waals surface area contributed by atoms with Crippen LogP contribution in [0.4, 0.5) is 4.79 Å². The maximum absolute atomic E-state index is 13.9. The van der Waals surface area contributed by atoms with Crippen LogP contribution in [-0.4, -0.2) is 59.0 Å². The molecule has 0 saturated carbocycles. The smallest absolute Gasteiger partial charge is 0.408 e. The third-order valence-electron chi connectivity index (χ3n) is 5.28. The summed E-state index contributed by atoms with van der Waals surface area (Å²) in [7, 11) is 0. The molecule has 1 aromatic rings. The van der Waals surface area contributed by atoms with Crippen molar-refractivity contribution in [3.8, 4) is 0 Å². The van der Waals surface area contributed by atoms with Gasteiger partial charge in [0.25, 0.3) is 0 Å². The van der Waals surface area contributed by atoms with E-state index >= 15 is 0 Å². The van der Waals surface area contributed by atoms with E-state index in [2.05, 4.69) is 10.6 Å². The van der Waals surface area contributed by atoms with Gasteiger partial charge in [0.1, 0.15) is 17.7 Å². The van der Waals surface area contributed by atoms with E-state index in [1.807, 2.05) is 59.1 Å². The summed E-state index contributed by atoms with van der Waals surface area (Å²) >= 11 is 1.59. The van der Waals surface area contributed by atoms with Gasteiger partial charge in [-0.1, -0.05) is 25.1 Å². The third kappa shape index (κ3) is 9.20. The molecule has 0 fully saturated rings. The predicted molar refractivity (Wildman–Crippen MR) is 140 cm³/mol. The Balaban J connectivity index is 3.46. The van der Waals surface area contributed by atoms with E-state index in [9.17, 15) is 14.4 Å². The fraction of sp³-hybridized carbons (Fsp3) is 0.654. The second-order valence-corrected chi connectivity index (χ2v) is 10.9. The van der Waals surface area contributed by atoms with Crippen molar-refractivity contribution < 1.29 is 19.1 Å². The number of hydrogen-bond acceptors (Lipinski definition) is 5. The van der Waals surface area contributed by atoms with E-state index < -0.39 is 23.8 Å². The van der Waals surface area contributed by atoms with Crippen LogP contribution in [-0.2, 0) is 14.3 Å². The number of benzene rings is 1. The zero-order valence-electron chi connectivity index (χ0n) is 22.3. The number of nitrogens with zero attached hydrogens (tertiary/aromatic N) is 1. The molecule has 0 spiro atoms. The van der Waals surface area contributed by atoms with Crippen LogP contribution < -0.4 is 10.6 Å². The van der Waals surface area contributed by atoms with Gasteiger partial charge in [-0.15, -0.1) is 0 Å². The van der Waals surface area contributed by atoms with Crippen molar-refractivity contribution in [2.24, 2.45) is 0 Å². The Kier molecular flexibility index (Phi) is 11.9. The van der Waals surface area contributed by atoms with Gasteiger partial charge in [0.05, 0.1) is 0 Å². The third-order valence-corrected chi connectivity index (χ3v) is 5.92. The molecular formula is C26H43N3O4S. The van der Waals surface area contributed by atoms with Crippen molar-refractivity contribution in [2.45, 2.75) is 92.0 Å². The molecule has 7 nitrogen and oxygen atoms in total. The van der Waals surface area contributed by atoms with Gasteiger partial charge in [0.15, 0.2) is 0 Å². The Morgan fingerprint density at radius 2 is 1.76 bits per heavy atom. The summed E-state index contributed by atoms with van der Waals surface area (Å²) in [6, 6.07) is 4.13. The molecule has 0 heterocycles. The van der Waals surface area contributed by atoms with Crippen LogP contribution >= 0.6 is 11.8 Å². The summed E-state index contributed by atoms with van der Waals surface area (Å²) in [5, 5.41) is 5.75. The van der Waals surface area contributed by atoms with Crippen molar-refractivity contribution in [1.82, 2.24) is 15.5 Å². The van der Waals surface area contributed by atoms with E-state index in [-0.39, 0.29) is 17.9 Å². The highest BCUT2D eigenvalue weighted by molar-refractivity contribution is 7.98. The van der Waals surface area contributed by atoms with Crippen LogP contribution in [0.1, 0.15) is 77.1 Å². The summed E-state index contributed by atoms with van der Waals surface area (Å²) in [5.41, 5.74) is 2.13. The molecule has 0 aliphatic heterocycles. The molecule has 192 valence electrons. The monoisotopic (exact) mass is 493 g/mol. The van der Waals surface area contributed by atoms with Crippen LogP contribution in [0.2, 0.25) is 0 Å². The zero-order valence-corrected chi connectivity index (χ0v) is 23.1. The first-order valence-corrected chi connectivity index (χ1v) is 13.4. The highest BCUT2D eigenvalue weighted by Gasteiger charge is 2.36.